The fourth-order valence-electron chi connectivity index (χ4n) is 3.50. The summed E-state index contributed by atoms with van der Waals surface area (Å²) in [6.07, 6.45) is -2.56. The van der Waals surface area contributed by atoms with Crippen LogP contribution in [0.3, 0.4) is 0 Å². The molecule has 1 heterocycles. The molecule has 0 radical (unpaired) electrons. The molecule has 1 saturated heterocycles. The second kappa shape index (κ2) is 9.50. The SMILES string of the molecule is CC(C)Oc1ccc(S(=O)(=O)N2CCCCC2)cc1NC(=O)c1ccccc1C(F)(F)F. The second-order valence-electron chi connectivity index (χ2n) is 7.79. The van der Waals surface area contributed by atoms with Crippen molar-refractivity contribution in [2.24, 2.45) is 0 Å². The van der Waals surface area contributed by atoms with Gasteiger partial charge in [-0.15, -0.1) is 0 Å². The minimum absolute atomic E-state index is 0.0150. The molecule has 10 heteroatoms. The molecule has 174 valence electrons. The van der Waals surface area contributed by atoms with Gasteiger partial charge in [-0.1, -0.05) is 18.6 Å². The van der Waals surface area contributed by atoms with Crippen molar-refractivity contribution in [3.05, 3.63) is 53.6 Å². The maximum atomic E-state index is 13.3. The highest BCUT2D eigenvalue weighted by Crippen LogP contribution is 2.34. The molecule has 6 nitrogen and oxygen atoms in total. The van der Waals surface area contributed by atoms with Gasteiger partial charge in [-0.2, -0.15) is 17.5 Å². The molecule has 1 N–H and O–H groups in total. The third-order valence-corrected chi connectivity index (χ3v) is 6.89. The number of nitrogens with zero attached hydrogens (tertiary/aromatic N) is 1. The normalized spacial score (nSPS) is 15.6. The van der Waals surface area contributed by atoms with Crippen molar-refractivity contribution in [1.29, 1.82) is 0 Å². The average Bonchev–Trinajstić information content (AvgIpc) is 2.74. The summed E-state index contributed by atoms with van der Waals surface area (Å²) >= 11 is 0. The van der Waals surface area contributed by atoms with Gasteiger partial charge in [0.05, 0.1) is 27.8 Å². The molecule has 3 rings (SSSR count). The van der Waals surface area contributed by atoms with Crippen molar-refractivity contribution in [1.82, 2.24) is 4.31 Å². The van der Waals surface area contributed by atoms with E-state index >= 15 is 0 Å². The number of piperidine rings is 1. The topological polar surface area (TPSA) is 75.7 Å². The predicted octanol–water partition coefficient (Wildman–Crippen LogP) is 4.92. The van der Waals surface area contributed by atoms with E-state index in [0.29, 0.717) is 13.1 Å². The van der Waals surface area contributed by atoms with Gasteiger partial charge in [-0.05, 0) is 57.0 Å². The van der Waals surface area contributed by atoms with Crippen molar-refractivity contribution < 1.29 is 31.1 Å². The van der Waals surface area contributed by atoms with E-state index in [1.165, 1.54) is 34.6 Å². The highest BCUT2D eigenvalue weighted by atomic mass is 32.2. The lowest BCUT2D eigenvalue weighted by molar-refractivity contribution is -0.137. The van der Waals surface area contributed by atoms with Crippen LogP contribution in [0.1, 0.15) is 49.0 Å². The van der Waals surface area contributed by atoms with E-state index in [9.17, 15) is 26.4 Å². The van der Waals surface area contributed by atoms with E-state index in [1.54, 1.807) is 13.8 Å². The minimum Gasteiger partial charge on any atom is -0.489 e. The molecule has 1 aliphatic heterocycles. The Morgan fingerprint density at radius 2 is 1.72 bits per heavy atom. The smallest absolute Gasteiger partial charge is 0.417 e. The maximum absolute atomic E-state index is 13.3. The Morgan fingerprint density at radius 1 is 1.06 bits per heavy atom. The zero-order valence-corrected chi connectivity index (χ0v) is 18.6. The third kappa shape index (κ3) is 5.42. The average molecular weight is 471 g/mol. The number of nitrogens with one attached hydrogen (secondary N) is 1. The van der Waals surface area contributed by atoms with Gasteiger partial charge < -0.3 is 10.1 Å². The number of hydrogen-bond acceptors (Lipinski definition) is 4. The molecule has 2 aromatic carbocycles. The Morgan fingerprint density at radius 3 is 2.34 bits per heavy atom. The number of hydrogen-bond donors (Lipinski definition) is 1. The summed E-state index contributed by atoms with van der Waals surface area (Å²) in [7, 11) is -3.82. The van der Waals surface area contributed by atoms with Crippen LogP contribution in [0.4, 0.5) is 18.9 Å². The Labute approximate surface area is 185 Å². The monoisotopic (exact) mass is 470 g/mol. The number of carbonyl (C=O) groups is 1. The van der Waals surface area contributed by atoms with E-state index in [-0.39, 0.29) is 22.4 Å². The first kappa shape index (κ1) is 24.1. The Hall–Kier alpha value is -2.59. The van der Waals surface area contributed by atoms with Gasteiger partial charge in [0.2, 0.25) is 10.0 Å². The van der Waals surface area contributed by atoms with Crippen molar-refractivity contribution in [2.45, 2.75) is 50.3 Å². The summed E-state index contributed by atoms with van der Waals surface area (Å²) in [6, 6.07) is 8.41. The van der Waals surface area contributed by atoms with Gasteiger partial charge in [-0.3, -0.25) is 4.79 Å². The molecule has 1 aliphatic rings. The Kier molecular flexibility index (Phi) is 7.14. The number of anilines is 1. The summed E-state index contributed by atoms with van der Waals surface area (Å²) in [4.78, 5) is 12.7. The number of sulfonamides is 1. The highest BCUT2D eigenvalue weighted by molar-refractivity contribution is 7.89. The van der Waals surface area contributed by atoms with E-state index in [2.05, 4.69) is 5.32 Å². The number of ether oxygens (including phenoxy) is 1. The first-order chi connectivity index (χ1) is 15.0. The Bertz CT molecular complexity index is 1080. The van der Waals surface area contributed by atoms with Gasteiger partial charge in [0.25, 0.3) is 5.91 Å². The van der Waals surface area contributed by atoms with Crippen molar-refractivity contribution in [3.8, 4) is 5.75 Å². The molecule has 32 heavy (non-hydrogen) atoms. The summed E-state index contributed by atoms with van der Waals surface area (Å²) in [5.74, 6) is -0.852. The van der Waals surface area contributed by atoms with E-state index in [0.717, 1.165) is 31.4 Å². The summed E-state index contributed by atoms with van der Waals surface area (Å²) < 4.78 is 73.1. The van der Waals surface area contributed by atoms with E-state index in [4.69, 9.17) is 4.74 Å². The number of amides is 1. The molecular formula is C22H25F3N2O4S. The quantitative estimate of drug-likeness (QED) is 0.650. The third-order valence-electron chi connectivity index (χ3n) is 4.99. The van der Waals surface area contributed by atoms with Gasteiger partial charge >= 0.3 is 6.18 Å². The Balaban J connectivity index is 1.99. The standard InChI is InChI=1S/C22H25F3N2O4S/c1-15(2)31-20-11-10-16(32(29,30)27-12-6-3-7-13-27)14-19(20)26-21(28)17-8-4-5-9-18(17)22(23,24)25/h4-5,8-11,14-15H,3,6-7,12-13H2,1-2H3,(H,26,28). The van der Waals surface area contributed by atoms with Gasteiger partial charge in [0, 0.05) is 13.1 Å². The van der Waals surface area contributed by atoms with Gasteiger partial charge in [0.1, 0.15) is 5.75 Å². The molecule has 0 aromatic heterocycles. The molecule has 1 amide bonds. The van der Waals surface area contributed by atoms with Crippen LogP contribution in [-0.4, -0.2) is 37.8 Å². The summed E-state index contributed by atoms with van der Waals surface area (Å²) in [6.45, 7) is 4.27. The van der Waals surface area contributed by atoms with Crippen LogP contribution < -0.4 is 10.1 Å². The molecular weight excluding hydrogens is 445 g/mol. The number of benzene rings is 2. The number of alkyl halides is 3. The molecule has 0 saturated carbocycles. The summed E-state index contributed by atoms with van der Waals surface area (Å²) in [5.41, 5.74) is -1.67. The van der Waals surface area contributed by atoms with Crippen LogP contribution in [0, 0.1) is 0 Å². The van der Waals surface area contributed by atoms with Gasteiger partial charge in [0.15, 0.2) is 0 Å². The first-order valence-electron chi connectivity index (χ1n) is 10.3. The zero-order valence-electron chi connectivity index (χ0n) is 17.8. The van der Waals surface area contributed by atoms with Gasteiger partial charge in [-0.25, -0.2) is 8.42 Å². The predicted molar refractivity (Wildman–Crippen MR) is 114 cm³/mol. The molecule has 0 bridgehead atoms. The number of carbonyl (C=O) groups excluding carboxylic acids is 1. The highest BCUT2D eigenvalue weighted by Gasteiger charge is 2.35. The molecule has 0 unspecified atom stereocenters. The van der Waals surface area contributed by atoms with Crippen LogP contribution in [0.2, 0.25) is 0 Å². The molecule has 0 aliphatic carbocycles. The van der Waals surface area contributed by atoms with Crippen molar-refractivity contribution in [2.75, 3.05) is 18.4 Å². The van der Waals surface area contributed by atoms with E-state index in [1.807, 2.05) is 0 Å². The van der Waals surface area contributed by atoms with Crippen LogP contribution >= 0.6 is 0 Å². The number of rotatable bonds is 6. The second-order valence-corrected chi connectivity index (χ2v) is 9.72. The fourth-order valence-corrected chi connectivity index (χ4v) is 5.04. The number of halogens is 3. The lowest BCUT2D eigenvalue weighted by Crippen LogP contribution is -2.35. The van der Waals surface area contributed by atoms with Crippen molar-refractivity contribution >= 4 is 21.6 Å². The zero-order chi connectivity index (χ0) is 23.5. The molecule has 1 fully saturated rings. The van der Waals surface area contributed by atoms with Crippen molar-refractivity contribution in [3.63, 3.8) is 0 Å². The van der Waals surface area contributed by atoms with Crippen LogP contribution in [0.15, 0.2) is 47.4 Å². The molecule has 0 spiro atoms. The van der Waals surface area contributed by atoms with Crippen LogP contribution in [0.5, 0.6) is 5.75 Å². The van der Waals surface area contributed by atoms with Crippen LogP contribution in [-0.2, 0) is 16.2 Å². The largest absolute Gasteiger partial charge is 0.489 e. The minimum atomic E-state index is -4.72. The fraction of sp³-hybridized carbons (Fsp3) is 0.409. The lowest BCUT2D eigenvalue weighted by Gasteiger charge is -2.26. The summed E-state index contributed by atoms with van der Waals surface area (Å²) in [5, 5.41) is 2.41. The first-order valence-corrected chi connectivity index (χ1v) is 11.7. The lowest BCUT2D eigenvalue weighted by atomic mass is 10.1. The van der Waals surface area contributed by atoms with E-state index < -0.39 is 33.2 Å². The van der Waals surface area contributed by atoms with Crippen LogP contribution in [0.25, 0.3) is 0 Å². The maximum Gasteiger partial charge on any atom is 0.417 e. The molecule has 2 aromatic rings. The molecule has 0 atom stereocenters.